The second-order valence-corrected chi connectivity index (χ2v) is 14.9. The van der Waals surface area contributed by atoms with Crippen LogP contribution >= 0.6 is 0 Å². The lowest BCUT2D eigenvalue weighted by molar-refractivity contribution is -0.0691. The number of ether oxygens (including phenoxy) is 1. The van der Waals surface area contributed by atoms with E-state index in [9.17, 15) is 14.7 Å². The summed E-state index contributed by atoms with van der Waals surface area (Å²) in [4.78, 5) is 43.1. The maximum atomic E-state index is 14.0. The van der Waals surface area contributed by atoms with Crippen LogP contribution < -0.4 is 26.4 Å². The minimum absolute atomic E-state index is 0.115. The normalized spacial score (nSPS) is 20.5. The Kier molecular flexibility index (Phi) is 7.96. The number of pyridine rings is 3. The third-order valence-corrected chi connectivity index (χ3v) is 10.9. The van der Waals surface area contributed by atoms with E-state index in [-0.39, 0.29) is 23.5 Å². The van der Waals surface area contributed by atoms with Gasteiger partial charge in [-0.3, -0.25) is 19.4 Å². The van der Waals surface area contributed by atoms with Crippen LogP contribution in [-0.2, 0) is 37.8 Å². The van der Waals surface area contributed by atoms with Crippen LogP contribution in [0.3, 0.4) is 0 Å². The number of hydrogen-bond acceptors (Lipinski definition) is 10. The molecule has 4 aromatic rings. The fraction of sp³-hybridized carbons (Fsp3) is 0.459. The summed E-state index contributed by atoms with van der Waals surface area (Å²) in [5, 5.41) is 13.9. The molecule has 0 aromatic carbocycles. The fourth-order valence-electron chi connectivity index (χ4n) is 8.24. The van der Waals surface area contributed by atoms with Crippen LogP contribution in [0, 0.1) is 5.41 Å². The Balaban J connectivity index is 1.05. The van der Waals surface area contributed by atoms with Crippen LogP contribution in [0.15, 0.2) is 47.7 Å². The van der Waals surface area contributed by atoms with E-state index in [1.807, 2.05) is 18.3 Å². The highest BCUT2D eigenvalue weighted by Crippen LogP contribution is 2.44. The van der Waals surface area contributed by atoms with Crippen molar-refractivity contribution in [2.45, 2.75) is 58.8 Å². The summed E-state index contributed by atoms with van der Waals surface area (Å²) in [5.74, 6) is 0.717. The molecule has 8 rings (SSSR count). The minimum atomic E-state index is -0.348. The van der Waals surface area contributed by atoms with E-state index in [1.165, 1.54) is 4.57 Å². The van der Waals surface area contributed by atoms with E-state index >= 15 is 0 Å². The van der Waals surface area contributed by atoms with E-state index in [0.717, 1.165) is 62.6 Å². The molecule has 50 heavy (non-hydrogen) atoms. The van der Waals surface area contributed by atoms with Crippen molar-refractivity contribution in [1.82, 2.24) is 24.0 Å². The monoisotopic (exact) mass is 679 g/mol. The molecule has 4 N–H and O–H groups in total. The van der Waals surface area contributed by atoms with Gasteiger partial charge in [0.15, 0.2) is 0 Å². The summed E-state index contributed by atoms with van der Waals surface area (Å²) < 4.78 is 8.98. The van der Waals surface area contributed by atoms with Gasteiger partial charge in [-0.05, 0) is 60.6 Å². The molecule has 2 fully saturated rings. The average Bonchev–Trinajstić information content (AvgIpc) is 3.53. The van der Waals surface area contributed by atoms with Crippen molar-refractivity contribution in [2.75, 3.05) is 60.2 Å². The van der Waals surface area contributed by atoms with Crippen molar-refractivity contribution in [1.29, 1.82) is 0 Å². The Morgan fingerprint density at radius 2 is 1.90 bits per heavy atom. The molecule has 1 aliphatic carbocycles. The predicted octanol–water partition coefficient (Wildman–Crippen LogP) is 3.16. The van der Waals surface area contributed by atoms with Gasteiger partial charge in [-0.2, -0.15) is 0 Å². The lowest BCUT2D eigenvalue weighted by atomic mass is 9.90. The number of aliphatic hydroxyl groups is 1. The number of aliphatic hydroxyl groups excluding tert-OH is 1. The Morgan fingerprint density at radius 3 is 2.60 bits per heavy atom. The van der Waals surface area contributed by atoms with Crippen LogP contribution in [0.25, 0.3) is 11.1 Å². The minimum Gasteiger partial charge on any atom is -0.397 e. The van der Waals surface area contributed by atoms with Gasteiger partial charge in [-0.25, -0.2) is 9.97 Å². The van der Waals surface area contributed by atoms with E-state index in [1.54, 1.807) is 36.5 Å². The zero-order chi connectivity index (χ0) is 34.9. The van der Waals surface area contributed by atoms with Crippen LogP contribution in [0.1, 0.15) is 48.1 Å². The van der Waals surface area contributed by atoms with Gasteiger partial charge in [0, 0.05) is 75.0 Å². The summed E-state index contributed by atoms with van der Waals surface area (Å²) in [6.45, 7) is 11.9. The quantitative estimate of drug-likeness (QED) is 0.266. The number of carbonyl (C=O) groups is 1. The molecule has 1 amide bonds. The van der Waals surface area contributed by atoms with E-state index in [0.29, 0.717) is 70.6 Å². The third kappa shape index (κ3) is 5.44. The van der Waals surface area contributed by atoms with Gasteiger partial charge < -0.3 is 34.9 Å². The second-order valence-electron chi connectivity index (χ2n) is 14.9. The highest BCUT2D eigenvalue weighted by atomic mass is 16.5. The fourth-order valence-corrected chi connectivity index (χ4v) is 8.24. The van der Waals surface area contributed by atoms with Crippen molar-refractivity contribution in [2.24, 2.45) is 12.5 Å². The van der Waals surface area contributed by atoms with E-state index in [4.69, 9.17) is 10.5 Å². The number of rotatable bonds is 7. The number of piperazine rings is 1. The highest BCUT2D eigenvalue weighted by Gasteiger charge is 2.40. The van der Waals surface area contributed by atoms with E-state index < -0.39 is 0 Å². The number of anilines is 5. The van der Waals surface area contributed by atoms with Crippen molar-refractivity contribution < 1.29 is 14.6 Å². The van der Waals surface area contributed by atoms with Crippen LogP contribution in [0.2, 0.25) is 0 Å². The Bertz CT molecular complexity index is 2030. The van der Waals surface area contributed by atoms with Crippen LogP contribution in [-0.4, -0.2) is 86.5 Å². The second kappa shape index (κ2) is 12.3. The van der Waals surface area contributed by atoms with Crippen molar-refractivity contribution in [3.8, 4) is 11.1 Å². The lowest BCUT2D eigenvalue weighted by Gasteiger charge is -2.46. The first-order valence-corrected chi connectivity index (χ1v) is 17.5. The van der Waals surface area contributed by atoms with Crippen molar-refractivity contribution in [3.63, 3.8) is 0 Å². The maximum absolute atomic E-state index is 14.0. The van der Waals surface area contributed by atoms with E-state index in [2.05, 4.69) is 50.4 Å². The van der Waals surface area contributed by atoms with Crippen molar-refractivity contribution in [3.05, 3.63) is 75.7 Å². The van der Waals surface area contributed by atoms with Gasteiger partial charge in [-0.15, -0.1) is 0 Å². The smallest absolute Gasteiger partial charge is 0.278 e. The number of fused-ring (bicyclic) bond motifs is 3. The lowest BCUT2D eigenvalue weighted by Crippen LogP contribution is -2.59. The molecule has 0 bridgehead atoms. The number of carbonyl (C=O) groups excluding carboxylic acids is 1. The van der Waals surface area contributed by atoms with Gasteiger partial charge in [0.2, 0.25) is 0 Å². The summed E-state index contributed by atoms with van der Waals surface area (Å²) in [6, 6.07) is 8.36. The Morgan fingerprint density at radius 1 is 1.08 bits per heavy atom. The summed E-state index contributed by atoms with van der Waals surface area (Å²) in [6.07, 6.45) is 6.93. The topological polar surface area (TPSA) is 147 Å². The molecule has 4 aromatic heterocycles. The number of nitrogen functional groups attached to an aromatic ring is 1. The van der Waals surface area contributed by atoms with Crippen molar-refractivity contribution >= 4 is 34.6 Å². The summed E-state index contributed by atoms with van der Waals surface area (Å²) in [7, 11) is 1.69. The molecule has 262 valence electrons. The summed E-state index contributed by atoms with van der Waals surface area (Å²) in [5.41, 5.74) is 13.0. The molecule has 13 heteroatoms. The number of aryl methyl sites for hydroxylation is 1. The largest absolute Gasteiger partial charge is 0.397 e. The highest BCUT2D eigenvalue weighted by molar-refractivity contribution is 6.10. The van der Waals surface area contributed by atoms with Gasteiger partial charge in [0.05, 0.1) is 43.4 Å². The van der Waals surface area contributed by atoms with Gasteiger partial charge in [-0.1, -0.05) is 13.8 Å². The standard InChI is InChI=1S/C37H45N9O4/c1-22-17-43(25-20-50-21-25)9-10-44(22)24-5-6-31(40-16-24)41-29-13-23(18-42(4)35(29)48)26-7-8-39-34(28(26)19-47)46-12-11-45-30-15-37(2,3)14-27(30)32(38)33(45)36(46)49/h5-8,13,16,18,22,25,47H,9-12,14-15,17,19-21,38H2,1-4H3,(H,40,41)/t22-/m0/s1. The average molecular weight is 680 g/mol. The first-order chi connectivity index (χ1) is 24.0. The number of aromatic nitrogens is 4. The molecule has 4 aliphatic rings. The number of nitrogens with zero attached hydrogens (tertiary/aromatic N) is 7. The van der Waals surface area contributed by atoms with Gasteiger partial charge >= 0.3 is 0 Å². The maximum Gasteiger partial charge on any atom is 0.278 e. The molecule has 0 spiro atoms. The molecule has 1 atom stereocenters. The predicted molar refractivity (Wildman–Crippen MR) is 193 cm³/mol. The number of hydrogen-bond donors (Lipinski definition) is 3. The molecule has 2 saturated heterocycles. The Hall–Kier alpha value is -4.72. The molecular weight excluding hydrogens is 634 g/mol. The molecule has 13 nitrogen and oxygen atoms in total. The van der Waals surface area contributed by atoms with Crippen LogP contribution in [0.5, 0.6) is 0 Å². The third-order valence-electron chi connectivity index (χ3n) is 10.9. The molecule has 3 aliphatic heterocycles. The number of amides is 1. The molecule has 0 saturated carbocycles. The Labute approximate surface area is 291 Å². The first kappa shape index (κ1) is 32.5. The molecule has 0 radical (unpaired) electrons. The molecule has 7 heterocycles. The summed E-state index contributed by atoms with van der Waals surface area (Å²) >= 11 is 0. The van der Waals surface area contributed by atoms with Gasteiger partial charge in [0.25, 0.3) is 11.5 Å². The number of nitrogens with one attached hydrogen (secondary N) is 1. The number of nitrogens with two attached hydrogens (primary N) is 1. The zero-order valence-corrected chi connectivity index (χ0v) is 29.1. The first-order valence-electron chi connectivity index (χ1n) is 17.5. The molecule has 0 unspecified atom stereocenters. The SMILES string of the molecule is C[C@H]1CN(C2COC2)CCN1c1ccc(Nc2cc(-c3ccnc(N4CCn5c6c(c(N)c5C4=O)CC(C)(C)C6)c3CO)cn(C)c2=O)nc1. The van der Waals surface area contributed by atoms with Crippen LogP contribution in [0.4, 0.5) is 28.7 Å². The molecular formula is C37H45N9O4. The van der Waals surface area contributed by atoms with Gasteiger partial charge in [0.1, 0.15) is 23.0 Å². The zero-order valence-electron chi connectivity index (χ0n) is 29.1.